The lowest BCUT2D eigenvalue weighted by atomic mass is 9.95. The van der Waals surface area contributed by atoms with Gasteiger partial charge in [-0.2, -0.15) is 0 Å². The summed E-state index contributed by atoms with van der Waals surface area (Å²) in [5, 5.41) is 9.55. The molecule has 8 heteroatoms. The third-order valence-electron chi connectivity index (χ3n) is 5.36. The fourth-order valence-electron chi connectivity index (χ4n) is 3.98. The van der Waals surface area contributed by atoms with Crippen LogP contribution in [0.2, 0.25) is 5.02 Å². The number of para-hydroxylation sites is 1. The Morgan fingerprint density at radius 2 is 1.97 bits per heavy atom. The zero-order chi connectivity index (χ0) is 20.4. The second kappa shape index (κ2) is 8.57. The molecule has 2 aliphatic rings. The lowest BCUT2D eigenvalue weighted by Gasteiger charge is -2.43. The zero-order valence-electron chi connectivity index (χ0n) is 15.8. The van der Waals surface area contributed by atoms with Crippen molar-refractivity contribution >= 4 is 17.7 Å². The van der Waals surface area contributed by atoms with Crippen molar-refractivity contribution in [3.05, 3.63) is 64.4 Å². The molecule has 0 aromatic heterocycles. The molecule has 2 aromatic rings. The van der Waals surface area contributed by atoms with Gasteiger partial charge in [0, 0.05) is 36.8 Å². The van der Waals surface area contributed by atoms with Crippen molar-refractivity contribution in [3.8, 4) is 5.75 Å². The van der Waals surface area contributed by atoms with Crippen LogP contribution >= 0.6 is 11.6 Å². The Balaban J connectivity index is 1.53. The molecule has 4 rings (SSSR count). The molecule has 2 aliphatic heterocycles. The van der Waals surface area contributed by atoms with E-state index in [9.17, 15) is 14.3 Å². The van der Waals surface area contributed by atoms with Crippen molar-refractivity contribution in [2.75, 3.05) is 32.8 Å². The van der Waals surface area contributed by atoms with Gasteiger partial charge in [-0.3, -0.25) is 4.90 Å². The summed E-state index contributed by atoms with van der Waals surface area (Å²) in [7, 11) is 0. The molecule has 1 amide bonds. The summed E-state index contributed by atoms with van der Waals surface area (Å²) in [6, 6.07) is 12.1. The molecule has 1 N–H and O–H groups in total. The normalized spacial score (nSPS) is 22.1. The van der Waals surface area contributed by atoms with E-state index < -0.39 is 11.9 Å². The Kier molecular flexibility index (Phi) is 5.89. The Labute approximate surface area is 173 Å². The summed E-state index contributed by atoms with van der Waals surface area (Å²) in [5.74, 6) is 0.412. The highest BCUT2D eigenvalue weighted by Gasteiger charge is 2.37. The van der Waals surface area contributed by atoms with Crippen molar-refractivity contribution in [2.24, 2.45) is 0 Å². The van der Waals surface area contributed by atoms with E-state index in [0.29, 0.717) is 43.4 Å². The highest BCUT2D eigenvalue weighted by atomic mass is 35.5. The van der Waals surface area contributed by atoms with E-state index in [0.717, 1.165) is 11.3 Å². The maximum atomic E-state index is 13.6. The van der Waals surface area contributed by atoms with Gasteiger partial charge in [0.05, 0.1) is 12.6 Å². The van der Waals surface area contributed by atoms with Crippen molar-refractivity contribution in [1.29, 1.82) is 0 Å². The molecular weight excluding hydrogens is 399 g/mol. The van der Waals surface area contributed by atoms with Crippen LogP contribution < -0.4 is 4.74 Å². The van der Waals surface area contributed by atoms with Gasteiger partial charge < -0.3 is 19.5 Å². The van der Waals surface area contributed by atoms with E-state index in [1.807, 2.05) is 24.3 Å². The number of ether oxygens (including phenoxy) is 2. The number of nitrogens with zero attached hydrogens (tertiary/aromatic N) is 2. The third kappa shape index (κ3) is 4.47. The number of carboxylic acid groups (broad SMARTS) is 1. The van der Waals surface area contributed by atoms with Gasteiger partial charge >= 0.3 is 6.09 Å². The summed E-state index contributed by atoms with van der Waals surface area (Å²) in [5.41, 5.74) is 1.67. The predicted molar refractivity (Wildman–Crippen MR) is 106 cm³/mol. The molecular formula is C21H22ClFN2O4. The fraction of sp³-hybridized carbons (Fsp3) is 0.381. The summed E-state index contributed by atoms with van der Waals surface area (Å²) in [6.07, 6.45) is -1.17. The van der Waals surface area contributed by atoms with Gasteiger partial charge in [-0.25, -0.2) is 9.18 Å². The van der Waals surface area contributed by atoms with Crippen LogP contribution in [0, 0.1) is 5.82 Å². The van der Waals surface area contributed by atoms with Crippen molar-refractivity contribution in [1.82, 2.24) is 9.80 Å². The van der Waals surface area contributed by atoms with E-state index in [2.05, 4.69) is 4.90 Å². The van der Waals surface area contributed by atoms with Gasteiger partial charge in [0.1, 0.15) is 24.3 Å². The van der Waals surface area contributed by atoms with E-state index in [4.69, 9.17) is 21.1 Å². The second-order valence-electron chi connectivity index (χ2n) is 7.23. The average Bonchev–Trinajstić information content (AvgIpc) is 2.71. The van der Waals surface area contributed by atoms with Crippen LogP contribution in [0.5, 0.6) is 5.75 Å². The summed E-state index contributed by atoms with van der Waals surface area (Å²) in [4.78, 5) is 14.9. The lowest BCUT2D eigenvalue weighted by Crippen LogP contribution is -2.53. The quantitative estimate of drug-likeness (QED) is 0.815. The number of benzene rings is 2. The van der Waals surface area contributed by atoms with Gasteiger partial charge in [0.25, 0.3) is 0 Å². The highest BCUT2D eigenvalue weighted by Crippen LogP contribution is 2.38. The van der Waals surface area contributed by atoms with Gasteiger partial charge in [-0.1, -0.05) is 29.8 Å². The number of hydrogen-bond donors (Lipinski definition) is 1. The molecule has 0 bridgehead atoms. The van der Waals surface area contributed by atoms with Crippen LogP contribution in [-0.4, -0.2) is 59.9 Å². The van der Waals surface area contributed by atoms with Crippen molar-refractivity contribution in [3.63, 3.8) is 0 Å². The van der Waals surface area contributed by atoms with Crippen LogP contribution in [0.4, 0.5) is 9.18 Å². The van der Waals surface area contributed by atoms with Crippen molar-refractivity contribution < 1.29 is 23.8 Å². The van der Waals surface area contributed by atoms with Gasteiger partial charge in [-0.15, -0.1) is 0 Å². The van der Waals surface area contributed by atoms with Crippen LogP contribution in [0.1, 0.15) is 17.2 Å². The first-order valence-electron chi connectivity index (χ1n) is 9.51. The van der Waals surface area contributed by atoms with Crippen LogP contribution in [0.25, 0.3) is 0 Å². The van der Waals surface area contributed by atoms with Gasteiger partial charge in [-0.05, 0) is 29.8 Å². The first kappa shape index (κ1) is 19.9. The molecule has 1 saturated heterocycles. The second-order valence-corrected chi connectivity index (χ2v) is 7.66. The van der Waals surface area contributed by atoms with Gasteiger partial charge in [0.2, 0.25) is 0 Å². The molecule has 2 atom stereocenters. The van der Waals surface area contributed by atoms with Gasteiger partial charge in [0.15, 0.2) is 0 Å². The predicted octanol–water partition coefficient (Wildman–Crippen LogP) is 3.79. The zero-order valence-corrected chi connectivity index (χ0v) is 16.5. The Hall–Kier alpha value is -2.35. The summed E-state index contributed by atoms with van der Waals surface area (Å²) >= 11 is 5.95. The SMILES string of the molecule is O=C(O)N1CCN([C@@H]2c3ccccc3OC[C@H]2OCc2cc(F)cc(Cl)c2)CC1. The average molecular weight is 421 g/mol. The molecule has 1 fully saturated rings. The molecule has 0 aliphatic carbocycles. The molecule has 2 heterocycles. The van der Waals surface area contributed by atoms with Crippen LogP contribution in [-0.2, 0) is 11.3 Å². The molecule has 0 radical (unpaired) electrons. The Morgan fingerprint density at radius 1 is 1.21 bits per heavy atom. The molecule has 154 valence electrons. The molecule has 6 nitrogen and oxygen atoms in total. The minimum atomic E-state index is -0.896. The monoisotopic (exact) mass is 420 g/mol. The number of piperazine rings is 1. The molecule has 0 spiro atoms. The number of halogens is 2. The minimum absolute atomic E-state index is 0.0695. The molecule has 29 heavy (non-hydrogen) atoms. The Bertz CT molecular complexity index is 868. The fourth-order valence-corrected chi connectivity index (χ4v) is 4.22. The largest absolute Gasteiger partial charge is 0.490 e. The van der Waals surface area contributed by atoms with Crippen molar-refractivity contribution in [2.45, 2.75) is 18.8 Å². The maximum Gasteiger partial charge on any atom is 0.407 e. The summed E-state index contributed by atoms with van der Waals surface area (Å²) in [6.45, 7) is 2.68. The lowest BCUT2D eigenvalue weighted by molar-refractivity contribution is -0.0670. The van der Waals surface area contributed by atoms with Crippen LogP contribution in [0.15, 0.2) is 42.5 Å². The smallest absolute Gasteiger partial charge is 0.407 e. The Morgan fingerprint density at radius 3 is 2.69 bits per heavy atom. The molecule has 2 aromatic carbocycles. The maximum absolute atomic E-state index is 13.6. The van der Waals surface area contributed by atoms with E-state index in [1.54, 1.807) is 6.07 Å². The number of carbonyl (C=O) groups is 1. The first-order valence-corrected chi connectivity index (χ1v) is 9.89. The van der Waals surface area contributed by atoms with Crippen LogP contribution in [0.3, 0.4) is 0 Å². The minimum Gasteiger partial charge on any atom is -0.490 e. The molecule has 0 unspecified atom stereocenters. The first-order chi connectivity index (χ1) is 14.0. The summed E-state index contributed by atoms with van der Waals surface area (Å²) < 4.78 is 25.7. The van der Waals surface area contributed by atoms with E-state index in [1.165, 1.54) is 17.0 Å². The number of rotatable bonds is 4. The topological polar surface area (TPSA) is 62.2 Å². The standard InChI is InChI=1S/C21H22ClFN2O4/c22-15-9-14(10-16(23)11-15)12-28-19-13-29-18-4-2-1-3-17(18)20(19)24-5-7-25(8-6-24)21(26)27/h1-4,9-11,19-20H,5-8,12-13H2,(H,26,27)/t19-,20-/m1/s1. The van der Waals surface area contributed by atoms with E-state index in [-0.39, 0.29) is 18.8 Å². The molecule has 0 saturated carbocycles. The number of fused-ring (bicyclic) bond motifs is 1. The number of amides is 1. The highest BCUT2D eigenvalue weighted by molar-refractivity contribution is 6.30. The third-order valence-corrected chi connectivity index (χ3v) is 5.58. The number of hydrogen-bond acceptors (Lipinski definition) is 4. The van der Waals surface area contributed by atoms with E-state index >= 15 is 0 Å².